The minimum atomic E-state index is -4.65. The van der Waals surface area contributed by atoms with Crippen LogP contribution in [0.2, 0.25) is 0 Å². The van der Waals surface area contributed by atoms with Crippen LogP contribution in [0.5, 0.6) is 0 Å². The Morgan fingerprint density at radius 2 is 2.27 bits per heavy atom. The summed E-state index contributed by atoms with van der Waals surface area (Å²) in [6, 6.07) is -1.01. The molecule has 0 spiro atoms. The van der Waals surface area contributed by atoms with E-state index in [9.17, 15) is 19.1 Å². The van der Waals surface area contributed by atoms with Gasteiger partial charge in [-0.05, 0) is 12.8 Å². The fourth-order valence-electron chi connectivity index (χ4n) is 1.75. The summed E-state index contributed by atoms with van der Waals surface area (Å²) in [7, 11) is -3.56. The maximum absolute atomic E-state index is 11.5. The predicted molar refractivity (Wildman–Crippen MR) is 53.1 cm³/mol. The van der Waals surface area contributed by atoms with E-state index in [2.05, 4.69) is 4.74 Å². The van der Waals surface area contributed by atoms with Crippen molar-refractivity contribution < 1.29 is 23.9 Å². The van der Waals surface area contributed by atoms with E-state index in [1.807, 2.05) is 0 Å². The van der Waals surface area contributed by atoms with Gasteiger partial charge in [0, 0.05) is 0 Å². The number of methoxy groups -OCH3 is 1. The molecule has 0 amide bonds. The molecule has 0 aromatic carbocycles. The van der Waals surface area contributed by atoms with E-state index in [4.69, 9.17) is 5.73 Å². The maximum atomic E-state index is 11.5. The van der Waals surface area contributed by atoms with Crippen molar-refractivity contribution in [3.05, 3.63) is 12.2 Å². The number of esters is 1. The Hall–Kier alpha value is -0.680. The summed E-state index contributed by atoms with van der Waals surface area (Å²) in [5.41, 5.74) is 5.60. The van der Waals surface area contributed by atoms with Gasteiger partial charge in [-0.15, -0.1) is 0 Å². The number of ether oxygens (including phenoxy) is 1. The number of hydrogen-bond donors (Lipinski definition) is 3. The molecule has 2 atom stereocenters. The fraction of sp³-hybridized carbons (Fsp3) is 0.625. The largest absolute Gasteiger partial charge is 0.468 e. The second-order valence-electron chi connectivity index (χ2n) is 3.45. The smallest absolute Gasteiger partial charge is 0.344 e. The van der Waals surface area contributed by atoms with Crippen molar-refractivity contribution in [2.75, 3.05) is 7.11 Å². The van der Waals surface area contributed by atoms with Crippen LogP contribution >= 0.6 is 7.60 Å². The summed E-state index contributed by atoms with van der Waals surface area (Å²) in [6.07, 6.45) is 3.52. The highest BCUT2D eigenvalue weighted by Crippen LogP contribution is 2.56. The second kappa shape index (κ2) is 4.06. The lowest BCUT2D eigenvalue weighted by atomic mass is 9.89. The number of carbonyl (C=O) groups excluding carboxylic acids is 1. The Bertz CT molecular complexity index is 336. The average molecular weight is 235 g/mol. The van der Waals surface area contributed by atoms with Gasteiger partial charge < -0.3 is 20.3 Å². The molecule has 15 heavy (non-hydrogen) atoms. The van der Waals surface area contributed by atoms with Crippen LogP contribution < -0.4 is 5.73 Å². The van der Waals surface area contributed by atoms with Gasteiger partial charge in [0.25, 0.3) is 0 Å². The maximum Gasteiger partial charge on any atom is 0.344 e. The van der Waals surface area contributed by atoms with Gasteiger partial charge in [-0.2, -0.15) is 0 Å². The first-order valence-electron chi connectivity index (χ1n) is 4.42. The lowest BCUT2D eigenvalue weighted by molar-refractivity contribution is -0.145. The Morgan fingerprint density at radius 3 is 2.67 bits per heavy atom. The molecule has 0 saturated carbocycles. The molecule has 0 aromatic rings. The van der Waals surface area contributed by atoms with Gasteiger partial charge >= 0.3 is 13.6 Å². The van der Waals surface area contributed by atoms with Crippen LogP contribution in [0.3, 0.4) is 0 Å². The minimum absolute atomic E-state index is 0.00160. The predicted octanol–water partition coefficient (Wildman–Crippen LogP) is -0.247. The van der Waals surface area contributed by atoms with Gasteiger partial charge in [-0.25, -0.2) is 0 Å². The van der Waals surface area contributed by atoms with E-state index >= 15 is 0 Å². The zero-order valence-electron chi connectivity index (χ0n) is 8.29. The van der Waals surface area contributed by atoms with E-state index < -0.39 is 24.8 Å². The third-order valence-electron chi connectivity index (χ3n) is 2.65. The molecule has 6 nitrogen and oxygen atoms in total. The quantitative estimate of drug-likeness (QED) is 0.346. The van der Waals surface area contributed by atoms with E-state index in [0.29, 0.717) is 6.42 Å². The molecule has 0 aliphatic heterocycles. The van der Waals surface area contributed by atoms with Crippen LogP contribution in [0.1, 0.15) is 12.8 Å². The standard InChI is InChI=1S/C8H14NO5P/c1-14-7(10)8(15(11,12)13)5-3-2-4-6(8)9/h2,4,6H,3,5,9H2,1H3,(H2,11,12,13)/t6-,8-/m0/s1. The van der Waals surface area contributed by atoms with E-state index in [1.165, 1.54) is 6.08 Å². The number of carbonyl (C=O) groups is 1. The average Bonchev–Trinajstić information content (AvgIpc) is 2.15. The molecule has 0 saturated heterocycles. The molecular formula is C8H14NO5P. The van der Waals surface area contributed by atoms with Crippen LogP contribution in [0, 0.1) is 0 Å². The van der Waals surface area contributed by atoms with Crippen molar-refractivity contribution in [1.82, 2.24) is 0 Å². The zero-order valence-corrected chi connectivity index (χ0v) is 9.18. The lowest BCUT2D eigenvalue weighted by Gasteiger charge is -2.36. The molecule has 1 aliphatic rings. The highest BCUT2D eigenvalue weighted by atomic mass is 31.2. The van der Waals surface area contributed by atoms with Gasteiger partial charge in [-0.3, -0.25) is 9.36 Å². The van der Waals surface area contributed by atoms with Crippen molar-refractivity contribution >= 4 is 13.6 Å². The Morgan fingerprint density at radius 1 is 1.67 bits per heavy atom. The Kier molecular flexibility index (Phi) is 3.35. The van der Waals surface area contributed by atoms with Gasteiger partial charge in [0.2, 0.25) is 0 Å². The van der Waals surface area contributed by atoms with Crippen LogP contribution in [-0.4, -0.2) is 34.1 Å². The third kappa shape index (κ3) is 1.86. The summed E-state index contributed by atoms with van der Waals surface area (Å²) in [4.78, 5) is 30.0. The first-order valence-corrected chi connectivity index (χ1v) is 6.04. The van der Waals surface area contributed by atoms with Gasteiger partial charge in [0.15, 0.2) is 5.16 Å². The molecule has 1 aliphatic carbocycles. The van der Waals surface area contributed by atoms with E-state index in [-0.39, 0.29) is 6.42 Å². The van der Waals surface area contributed by atoms with Crippen molar-refractivity contribution in [2.45, 2.75) is 24.0 Å². The molecule has 0 radical (unpaired) electrons. The molecule has 0 fully saturated rings. The molecular weight excluding hydrogens is 221 g/mol. The summed E-state index contributed by atoms with van der Waals surface area (Å²) in [6.45, 7) is 0. The monoisotopic (exact) mass is 235 g/mol. The molecule has 86 valence electrons. The molecule has 4 N–H and O–H groups in total. The Labute approximate surface area is 87.3 Å². The van der Waals surface area contributed by atoms with E-state index in [0.717, 1.165) is 7.11 Å². The zero-order chi connectivity index (χ0) is 11.7. The van der Waals surface area contributed by atoms with E-state index in [1.54, 1.807) is 6.08 Å². The molecule has 7 heteroatoms. The van der Waals surface area contributed by atoms with Crippen LogP contribution in [0.15, 0.2) is 12.2 Å². The number of rotatable bonds is 2. The second-order valence-corrected chi connectivity index (χ2v) is 5.34. The van der Waals surface area contributed by atoms with Crippen molar-refractivity contribution in [1.29, 1.82) is 0 Å². The van der Waals surface area contributed by atoms with Crippen molar-refractivity contribution in [3.8, 4) is 0 Å². The van der Waals surface area contributed by atoms with Crippen molar-refractivity contribution in [2.24, 2.45) is 5.73 Å². The highest BCUT2D eigenvalue weighted by Gasteiger charge is 2.58. The molecule has 0 unspecified atom stereocenters. The Balaban J connectivity index is 3.24. The topological polar surface area (TPSA) is 110 Å². The molecule has 1 rings (SSSR count). The van der Waals surface area contributed by atoms with Gasteiger partial charge in [0.05, 0.1) is 13.2 Å². The third-order valence-corrected chi connectivity index (χ3v) is 4.39. The first-order chi connectivity index (χ1) is 6.86. The minimum Gasteiger partial charge on any atom is -0.468 e. The number of hydrogen-bond acceptors (Lipinski definition) is 4. The summed E-state index contributed by atoms with van der Waals surface area (Å²) in [5, 5.41) is -1.92. The number of allylic oxidation sites excluding steroid dienone is 1. The van der Waals surface area contributed by atoms with Gasteiger partial charge in [0.1, 0.15) is 0 Å². The summed E-state index contributed by atoms with van der Waals surface area (Å²) >= 11 is 0. The normalized spacial score (nSPS) is 31.3. The van der Waals surface area contributed by atoms with Crippen molar-refractivity contribution in [3.63, 3.8) is 0 Å². The molecule has 0 aromatic heterocycles. The highest BCUT2D eigenvalue weighted by molar-refractivity contribution is 7.55. The SMILES string of the molecule is COC(=O)[C@]1(P(=O)(O)O)CCC=C[C@@H]1N. The fourth-order valence-corrected chi connectivity index (χ4v) is 2.97. The summed E-state index contributed by atoms with van der Waals surface area (Å²) in [5.74, 6) is -0.951. The van der Waals surface area contributed by atoms with Crippen LogP contribution in [0.25, 0.3) is 0 Å². The lowest BCUT2D eigenvalue weighted by Crippen LogP contribution is -2.54. The molecule has 0 bridgehead atoms. The van der Waals surface area contributed by atoms with Gasteiger partial charge in [-0.1, -0.05) is 12.2 Å². The van der Waals surface area contributed by atoms with Crippen LogP contribution in [-0.2, 0) is 14.1 Å². The molecule has 0 heterocycles. The number of nitrogens with two attached hydrogens (primary N) is 1. The summed E-state index contributed by atoms with van der Waals surface area (Å²) < 4.78 is 15.8. The first kappa shape index (κ1) is 12.4. The van der Waals surface area contributed by atoms with Crippen LogP contribution in [0.4, 0.5) is 0 Å².